The number of anilines is 1. The number of methoxy groups -OCH3 is 1. The standard InChI is InChI=1S/C29H29Cl2N7O5/c1-37-14-19(28(41)38(2)29(37)42)26(40)35-20-9-5-7-17(25(20)31)16-6-4-8-18(24(16)30)21-12-33-22(27(36-21)43-3)13-32-15-10-23(39)34-11-15/h4-9,12,14-15,23,32,34,39H,10-11,13H2,1-3H3,(H,35,40)/t15-,23?/m0/s1. The summed E-state index contributed by atoms with van der Waals surface area (Å²) in [7, 11) is 4.26. The molecule has 1 aliphatic heterocycles. The van der Waals surface area contributed by atoms with Crippen LogP contribution in [0.3, 0.4) is 0 Å². The highest BCUT2D eigenvalue weighted by atomic mass is 35.5. The summed E-state index contributed by atoms with van der Waals surface area (Å²) in [6, 6.07) is 10.5. The normalized spacial score (nSPS) is 16.3. The number of aliphatic hydroxyl groups excluding tert-OH is 1. The lowest BCUT2D eigenvalue weighted by atomic mass is 10.0. The number of aromatic nitrogens is 4. The summed E-state index contributed by atoms with van der Waals surface area (Å²) >= 11 is 13.6. The van der Waals surface area contributed by atoms with Crippen molar-refractivity contribution in [3.8, 4) is 28.3 Å². The molecule has 1 saturated heterocycles. The smallest absolute Gasteiger partial charge is 0.330 e. The topological polar surface area (TPSA) is 152 Å². The van der Waals surface area contributed by atoms with Gasteiger partial charge in [-0.25, -0.2) is 9.78 Å². The second-order valence-corrected chi connectivity index (χ2v) is 10.8. The van der Waals surface area contributed by atoms with E-state index >= 15 is 0 Å². The molecule has 2 atom stereocenters. The summed E-state index contributed by atoms with van der Waals surface area (Å²) in [5, 5.41) is 19.2. The van der Waals surface area contributed by atoms with Gasteiger partial charge in [0, 0.05) is 62.5 Å². The van der Waals surface area contributed by atoms with E-state index < -0.39 is 23.4 Å². The molecule has 1 fully saturated rings. The van der Waals surface area contributed by atoms with Crippen molar-refractivity contribution in [1.82, 2.24) is 29.7 Å². The summed E-state index contributed by atoms with van der Waals surface area (Å²) < 4.78 is 7.52. The Labute approximate surface area is 256 Å². The predicted molar refractivity (Wildman–Crippen MR) is 164 cm³/mol. The average molecular weight is 627 g/mol. The largest absolute Gasteiger partial charge is 0.480 e. The lowest BCUT2D eigenvalue weighted by Gasteiger charge is -2.15. The molecule has 3 heterocycles. The third kappa shape index (κ3) is 6.19. The van der Waals surface area contributed by atoms with E-state index in [1.54, 1.807) is 42.6 Å². The van der Waals surface area contributed by atoms with Gasteiger partial charge in [-0.3, -0.25) is 24.5 Å². The van der Waals surface area contributed by atoms with Crippen LogP contribution in [0.1, 0.15) is 22.5 Å². The number of aliphatic hydroxyl groups is 1. The molecule has 0 spiro atoms. The number of halogens is 2. The molecule has 5 rings (SSSR count). The van der Waals surface area contributed by atoms with Crippen LogP contribution < -0.4 is 31.9 Å². The Kier molecular flexibility index (Phi) is 8.95. The SMILES string of the molecule is COc1nc(-c2cccc(-c3cccc(NC(=O)c4cn(C)c(=O)n(C)c4=O)c3Cl)c2Cl)cnc1CN[C@@H]1CNC(O)C1. The van der Waals surface area contributed by atoms with E-state index in [0.29, 0.717) is 58.5 Å². The van der Waals surface area contributed by atoms with Crippen LogP contribution in [0.4, 0.5) is 5.69 Å². The first-order valence-electron chi connectivity index (χ1n) is 13.3. The Morgan fingerprint density at radius 1 is 1.12 bits per heavy atom. The van der Waals surface area contributed by atoms with Crippen LogP contribution in [0, 0.1) is 0 Å². The monoisotopic (exact) mass is 625 g/mol. The lowest BCUT2D eigenvalue weighted by Crippen LogP contribution is -2.40. The van der Waals surface area contributed by atoms with Gasteiger partial charge < -0.3 is 25.0 Å². The summed E-state index contributed by atoms with van der Waals surface area (Å²) in [4.78, 5) is 46.8. The highest BCUT2D eigenvalue weighted by molar-refractivity contribution is 6.39. The van der Waals surface area contributed by atoms with Crippen molar-refractivity contribution in [3.05, 3.63) is 90.9 Å². The van der Waals surface area contributed by atoms with Gasteiger partial charge in [0.25, 0.3) is 11.5 Å². The number of carbonyl (C=O) groups excluding carboxylic acids is 1. The number of nitrogens with zero attached hydrogens (tertiary/aromatic N) is 4. The highest BCUT2D eigenvalue weighted by Gasteiger charge is 2.23. The minimum Gasteiger partial charge on any atom is -0.480 e. The molecular formula is C29H29Cl2N7O5. The molecule has 43 heavy (non-hydrogen) atoms. The molecule has 4 aromatic rings. The number of ether oxygens (including phenoxy) is 1. The van der Waals surface area contributed by atoms with Gasteiger partial charge in [-0.1, -0.05) is 53.5 Å². The zero-order valence-electron chi connectivity index (χ0n) is 23.5. The Morgan fingerprint density at radius 3 is 2.51 bits per heavy atom. The Hall–Kier alpha value is -4.07. The van der Waals surface area contributed by atoms with Crippen LogP contribution in [0.5, 0.6) is 5.88 Å². The minimum absolute atomic E-state index is 0.101. The average Bonchev–Trinajstić information content (AvgIpc) is 3.42. The summed E-state index contributed by atoms with van der Waals surface area (Å²) in [5.74, 6) is -0.377. The van der Waals surface area contributed by atoms with Crippen molar-refractivity contribution >= 4 is 34.8 Å². The van der Waals surface area contributed by atoms with Crippen molar-refractivity contribution in [2.45, 2.75) is 25.2 Å². The molecule has 0 radical (unpaired) electrons. The van der Waals surface area contributed by atoms with Gasteiger partial charge in [0.05, 0.1) is 34.7 Å². The fraction of sp³-hybridized carbons (Fsp3) is 0.276. The maximum absolute atomic E-state index is 13.0. The third-order valence-electron chi connectivity index (χ3n) is 7.17. The zero-order valence-corrected chi connectivity index (χ0v) is 25.0. The Bertz CT molecular complexity index is 1820. The zero-order chi connectivity index (χ0) is 30.8. The number of carbonyl (C=O) groups is 1. The van der Waals surface area contributed by atoms with Crippen LogP contribution in [-0.4, -0.2) is 56.0 Å². The van der Waals surface area contributed by atoms with E-state index in [0.717, 1.165) is 9.13 Å². The van der Waals surface area contributed by atoms with E-state index in [2.05, 4.69) is 25.9 Å². The van der Waals surface area contributed by atoms with Crippen molar-refractivity contribution in [2.75, 3.05) is 19.0 Å². The van der Waals surface area contributed by atoms with Gasteiger partial charge in [-0.05, 0) is 6.07 Å². The molecule has 1 unspecified atom stereocenters. The number of amides is 1. The molecule has 1 amide bonds. The molecular weight excluding hydrogens is 597 g/mol. The number of hydrogen-bond donors (Lipinski definition) is 4. The molecule has 0 saturated carbocycles. The quantitative estimate of drug-likeness (QED) is 0.231. The van der Waals surface area contributed by atoms with Crippen LogP contribution in [0.25, 0.3) is 22.4 Å². The van der Waals surface area contributed by atoms with Crippen LogP contribution in [0.2, 0.25) is 10.0 Å². The van der Waals surface area contributed by atoms with E-state index in [-0.39, 0.29) is 22.3 Å². The summed E-state index contributed by atoms with van der Waals surface area (Å²) in [5.41, 5.74) is 1.57. The maximum Gasteiger partial charge on any atom is 0.330 e. The van der Waals surface area contributed by atoms with Crippen molar-refractivity contribution in [1.29, 1.82) is 0 Å². The number of nitrogens with one attached hydrogen (secondary N) is 3. The molecule has 1 aliphatic rings. The second-order valence-electron chi connectivity index (χ2n) is 10.0. The molecule has 0 bridgehead atoms. The van der Waals surface area contributed by atoms with Crippen molar-refractivity contribution < 1.29 is 14.6 Å². The van der Waals surface area contributed by atoms with E-state index in [4.69, 9.17) is 27.9 Å². The molecule has 2 aromatic heterocycles. The Morgan fingerprint density at radius 2 is 1.81 bits per heavy atom. The molecule has 2 aromatic carbocycles. The fourth-order valence-electron chi connectivity index (χ4n) is 4.85. The number of hydrogen-bond acceptors (Lipinski definition) is 9. The van der Waals surface area contributed by atoms with E-state index in [1.165, 1.54) is 27.4 Å². The molecule has 4 N–H and O–H groups in total. The van der Waals surface area contributed by atoms with Crippen LogP contribution in [0.15, 0.2) is 58.4 Å². The highest BCUT2D eigenvalue weighted by Crippen LogP contribution is 2.41. The number of aryl methyl sites for hydroxylation is 1. The van der Waals surface area contributed by atoms with Crippen LogP contribution in [-0.2, 0) is 20.6 Å². The first kappa shape index (κ1) is 30.4. The molecule has 0 aliphatic carbocycles. The van der Waals surface area contributed by atoms with Gasteiger partial charge >= 0.3 is 5.69 Å². The summed E-state index contributed by atoms with van der Waals surface area (Å²) in [6.45, 7) is 1.05. The lowest BCUT2D eigenvalue weighted by molar-refractivity contribution is 0.102. The number of benzene rings is 2. The maximum atomic E-state index is 13.0. The van der Waals surface area contributed by atoms with E-state index in [1.807, 2.05) is 0 Å². The van der Waals surface area contributed by atoms with Crippen molar-refractivity contribution in [2.24, 2.45) is 14.1 Å². The molecule has 224 valence electrons. The minimum atomic E-state index is -0.726. The van der Waals surface area contributed by atoms with Gasteiger partial charge in [0.1, 0.15) is 17.5 Å². The van der Waals surface area contributed by atoms with Gasteiger partial charge in [-0.2, -0.15) is 0 Å². The fourth-order valence-corrected chi connectivity index (χ4v) is 5.45. The number of rotatable bonds is 8. The second kappa shape index (κ2) is 12.7. The van der Waals surface area contributed by atoms with E-state index in [9.17, 15) is 19.5 Å². The van der Waals surface area contributed by atoms with Gasteiger partial charge in [-0.15, -0.1) is 0 Å². The molecule has 14 heteroatoms. The molecule has 12 nitrogen and oxygen atoms in total. The van der Waals surface area contributed by atoms with Gasteiger partial charge in [0.2, 0.25) is 5.88 Å². The van der Waals surface area contributed by atoms with Crippen LogP contribution >= 0.6 is 23.2 Å². The summed E-state index contributed by atoms with van der Waals surface area (Å²) in [6.07, 6.45) is 2.86. The third-order valence-corrected chi connectivity index (χ3v) is 7.99. The first-order chi connectivity index (χ1) is 20.6. The predicted octanol–water partition coefficient (Wildman–Crippen LogP) is 2.55. The Balaban J connectivity index is 1.42. The van der Waals surface area contributed by atoms with Gasteiger partial charge in [0.15, 0.2) is 0 Å². The first-order valence-corrected chi connectivity index (χ1v) is 14.0. The van der Waals surface area contributed by atoms with Crippen molar-refractivity contribution in [3.63, 3.8) is 0 Å².